The van der Waals surface area contributed by atoms with E-state index in [2.05, 4.69) is 28.7 Å². The van der Waals surface area contributed by atoms with Crippen LogP contribution in [0.15, 0.2) is 67.1 Å². The fraction of sp³-hybridized carbons (Fsp3) is 0.387. The molecule has 7 nitrogen and oxygen atoms in total. The average Bonchev–Trinajstić information content (AvgIpc) is 3.87. The van der Waals surface area contributed by atoms with Crippen LogP contribution in [0.2, 0.25) is 5.02 Å². The second kappa shape index (κ2) is 12.4. The lowest BCUT2D eigenvalue weighted by Gasteiger charge is -2.42. The number of alkyl halides is 1. The zero-order chi connectivity index (χ0) is 28.1. The van der Waals surface area contributed by atoms with Gasteiger partial charge in [-0.1, -0.05) is 49.6 Å². The lowest BCUT2D eigenvalue weighted by atomic mass is 9.88. The smallest absolute Gasteiger partial charge is 0.212 e. The number of aromatic nitrogens is 3. The molecule has 210 valence electrons. The second-order valence-corrected chi connectivity index (χ2v) is 11.5. The van der Waals surface area contributed by atoms with Crippen LogP contribution in [0, 0.1) is 5.92 Å². The van der Waals surface area contributed by atoms with E-state index in [-0.39, 0.29) is 0 Å². The molecule has 7 rings (SSSR count). The molecule has 0 unspecified atom stereocenters. The molecule has 1 saturated heterocycles. The number of amides is 1. The third-order valence-corrected chi connectivity index (χ3v) is 7.49. The van der Waals surface area contributed by atoms with Gasteiger partial charge in [0.2, 0.25) is 6.41 Å². The maximum absolute atomic E-state index is 15.5. The minimum atomic E-state index is -1.34. The quantitative estimate of drug-likeness (QED) is 0.247. The number of benzene rings is 1. The molecule has 2 N–H and O–H groups in total. The number of carbonyl (C=O) groups excluding carboxylic acids is 1. The van der Waals surface area contributed by atoms with Crippen LogP contribution in [-0.2, 0) is 17.0 Å². The van der Waals surface area contributed by atoms with E-state index in [9.17, 15) is 4.79 Å². The predicted octanol–water partition coefficient (Wildman–Crippen LogP) is 6.65. The number of halogens is 2. The summed E-state index contributed by atoms with van der Waals surface area (Å²) in [6.07, 6.45) is 11.6. The van der Waals surface area contributed by atoms with Crippen molar-refractivity contribution in [3.8, 4) is 0 Å². The predicted molar refractivity (Wildman–Crippen MR) is 159 cm³/mol. The molecule has 0 spiro atoms. The first-order valence-corrected chi connectivity index (χ1v) is 14.2. The van der Waals surface area contributed by atoms with Crippen molar-refractivity contribution in [2.24, 2.45) is 5.92 Å². The van der Waals surface area contributed by atoms with Crippen molar-refractivity contribution in [1.82, 2.24) is 19.3 Å². The molecule has 3 fully saturated rings. The number of carbonyl (C=O) groups is 1. The summed E-state index contributed by atoms with van der Waals surface area (Å²) in [5, 5.41) is 6.62. The van der Waals surface area contributed by atoms with Gasteiger partial charge in [0.15, 0.2) is 5.67 Å². The Hall–Kier alpha value is -3.49. The Kier molecular flexibility index (Phi) is 8.66. The summed E-state index contributed by atoms with van der Waals surface area (Å²) in [5.41, 5.74) is 2.92. The maximum Gasteiger partial charge on any atom is 0.212 e. The number of fused-ring (bicyclic) bond motifs is 1. The van der Waals surface area contributed by atoms with Crippen molar-refractivity contribution in [1.29, 1.82) is 0 Å². The lowest BCUT2D eigenvalue weighted by Crippen LogP contribution is -2.54. The van der Waals surface area contributed by atoms with Crippen LogP contribution in [0.3, 0.4) is 0 Å². The van der Waals surface area contributed by atoms with Crippen LogP contribution in [0.5, 0.6) is 0 Å². The van der Waals surface area contributed by atoms with Gasteiger partial charge in [-0.05, 0) is 61.6 Å². The number of anilines is 2. The number of rotatable bonds is 7. The van der Waals surface area contributed by atoms with E-state index in [0.717, 1.165) is 22.3 Å². The number of pyridine rings is 2. The molecule has 40 heavy (non-hydrogen) atoms. The summed E-state index contributed by atoms with van der Waals surface area (Å²) in [4.78, 5) is 21.4. The molecule has 0 atom stereocenters. The summed E-state index contributed by atoms with van der Waals surface area (Å²) in [5.74, 6) is 2.11. The van der Waals surface area contributed by atoms with Crippen molar-refractivity contribution < 1.29 is 9.18 Å². The fourth-order valence-corrected chi connectivity index (χ4v) is 4.80. The number of hydrogen-bond acceptors (Lipinski definition) is 5. The summed E-state index contributed by atoms with van der Waals surface area (Å²) in [6.45, 7) is 3.57. The Morgan fingerprint density at radius 3 is 2.40 bits per heavy atom. The van der Waals surface area contributed by atoms with Crippen molar-refractivity contribution >= 4 is 35.2 Å². The molecule has 1 amide bonds. The zero-order valence-corrected chi connectivity index (χ0v) is 23.7. The van der Waals surface area contributed by atoms with Gasteiger partial charge in [0.05, 0.1) is 12.2 Å². The highest BCUT2D eigenvalue weighted by molar-refractivity contribution is 6.30. The Morgan fingerprint density at radius 2 is 1.82 bits per heavy atom. The average molecular weight is 563 g/mol. The van der Waals surface area contributed by atoms with Gasteiger partial charge < -0.3 is 15.0 Å². The number of likely N-dealkylation sites (tertiary alicyclic amines) is 1. The molecule has 2 aliphatic carbocycles. The van der Waals surface area contributed by atoms with Crippen LogP contribution in [-0.4, -0.2) is 45.8 Å². The zero-order valence-electron chi connectivity index (χ0n) is 23.0. The molecule has 3 aromatic heterocycles. The van der Waals surface area contributed by atoms with E-state index in [4.69, 9.17) is 16.6 Å². The Balaban J connectivity index is 0.000000244. The number of nitrogens with zero attached hydrogens (tertiary/aromatic N) is 4. The Morgan fingerprint density at radius 1 is 1.10 bits per heavy atom. The van der Waals surface area contributed by atoms with E-state index in [1.54, 1.807) is 12.3 Å². The minimum absolute atomic E-state index is 0.404. The number of imidazole rings is 1. The molecule has 2 saturated carbocycles. The van der Waals surface area contributed by atoms with Gasteiger partial charge in [-0.2, -0.15) is 0 Å². The molecule has 4 heterocycles. The molecule has 3 aliphatic rings. The van der Waals surface area contributed by atoms with Crippen LogP contribution in [0.1, 0.15) is 55.3 Å². The molecule has 4 aromatic rings. The Bertz CT molecular complexity index is 1430. The standard InChI is InChI=1S/C21H23FN6O.C6H5Cl.C4H8/c1-27-11-21(22,12-27)18-6-15(14-2-3-14)9-28-10-17(26-20(18)28)8-24-16-4-5-23-19(7-16)25-13-29;7-6-4-2-1-3-5-6;1-4-2-3-4/h4-7,9-10,13-14H,2-3,8,11-12H2,1H3,(H2,23,24,25,29);1-5H;4H,2-3H2,1H3. The third kappa shape index (κ3) is 7.37. The topological polar surface area (TPSA) is 74.6 Å². The van der Waals surface area contributed by atoms with E-state index in [1.807, 2.05) is 65.0 Å². The van der Waals surface area contributed by atoms with E-state index >= 15 is 4.39 Å². The highest BCUT2D eigenvalue weighted by Gasteiger charge is 2.45. The first-order valence-electron chi connectivity index (χ1n) is 13.8. The van der Waals surface area contributed by atoms with Crippen LogP contribution in [0.4, 0.5) is 15.9 Å². The molecule has 9 heteroatoms. The largest absolute Gasteiger partial charge is 0.379 e. The van der Waals surface area contributed by atoms with Gasteiger partial charge in [0.1, 0.15) is 11.5 Å². The first kappa shape index (κ1) is 28.1. The number of hydrogen-bond donors (Lipinski definition) is 2. The Labute approximate surface area is 239 Å². The number of likely N-dealkylation sites (N-methyl/N-ethyl adjacent to an activating group) is 1. The molecular weight excluding hydrogens is 527 g/mol. The van der Waals surface area contributed by atoms with Gasteiger partial charge in [-0.3, -0.25) is 9.69 Å². The molecular formula is C31H36ClFN6O. The SMILES string of the molecule is CC1CC1.CN1CC(F)(c2cc(C3CC3)cn3cc(CNc4ccnc(NC=O)c4)nc23)C1.Clc1ccccc1. The summed E-state index contributed by atoms with van der Waals surface area (Å²) in [6, 6.07) is 15.1. The van der Waals surface area contributed by atoms with Crippen molar-refractivity contribution in [3.05, 3.63) is 89.0 Å². The summed E-state index contributed by atoms with van der Waals surface area (Å²) in [7, 11) is 1.93. The van der Waals surface area contributed by atoms with Gasteiger partial charge in [0.25, 0.3) is 0 Å². The minimum Gasteiger partial charge on any atom is -0.379 e. The van der Waals surface area contributed by atoms with E-state index < -0.39 is 5.67 Å². The van der Waals surface area contributed by atoms with Crippen LogP contribution >= 0.6 is 11.6 Å². The molecule has 0 radical (unpaired) electrons. The normalized spacial score (nSPS) is 17.5. The first-order chi connectivity index (χ1) is 19.3. The van der Waals surface area contributed by atoms with Crippen molar-refractivity contribution in [2.45, 2.75) is 50.7 Å². The lowest BCUT2D eigenvalue weighted by molar-refractivity contribution is -0.105. The van der Waals surface area contributed by atoms with E-state index in [0.29, 0.717) is 49.0 Å². The number of nitrogens with one attached hydrogen (secondary N) is 2. The maximum atomic E-state index is 15.5. The van der Waals surface area contributed by atoms with Crippen LogP contribution in [0.25, 0.3) is 5.65 Å². The second-order valence-electron chi connectivity index (χ2n) is 11.1. The molecule has 1 aliphatic heterocycles. The van der Waals surface area contributed by atoms with Gasteiger partial charge in [-0.25, -0.2) is 14.4 Å². The van der Waals surface area contributed by atoms with Gasteiger partial charge in [0, 0.05) is 54.0 Å². The third-order valence-electron chi connectivity index (χ3n) is 7.23. The van der Waals surface area contributed by atoms with Crippen LogP contribution < -0.4 is 10.6 Å². The monoisotopic (exact) mass is 562 g/mol. The van der Waals surface area contributed by atoms with Gasteiger partial charge >= 0.3 is 0 Å². The molecule has 1 aromatic carbocycles. The van der Waals surface area contributed by atoms with Gasteiger partial charge in [-0.15, -0.1) is 0 Å². The highest BCUT2D eigenvalue weighted by Crippen LogP contribution is 2.44. The van der Waals surface area contributed by atoms with Crippen molar-refractivity contribution in [3.63, 3.8) is 0 Å². The van der Waals surface area contributed by atoms with Crippen molar-refractivity contribution in [2.75, 3.05) is 30.8 Å². The fourth-order valence-electron chi connectivity index (χ4n) is 4.66. The summed E-state index contributed by atoms with van der Waals surface area (Å²) >= 11 is 5.54. The highest BCUT2D eigenvalue weighted by atomic mass is 35.5. The summed E-state index contributed by atoms with van der Waals surface area (Å²) < 4.78 is 17.5. The molecule has 0 bridgehead atoms. The van der Waals surface area contributed by atoms with E-state index in [1.165, 1.54) is 31.2 Å².